The summed E-state index contributed by atoms with van der Waals surface area (Å²) in [6.45, 7) is 0.578. The van der Waals surface area contributed by atoms with Crippen LogP contribution in [0.1, 0.15) is 29.5 Å². The number of benzene rings is 2. The lowest BCUT2D eigenvalue weighted by atomic mass is 9.85. The maximum absolute atomic E-state index is 13.9. The van der Waals surface area contributed by atoms with Gasteiger partial charge in [-0.05, 0) is 84.3 Å². The Hall–Kier alpha value is -3.34. The van der Waals surface area contributed by atoms with Crippen molar-refractivity contribution in [3.8, 4) is 0 Å². The highest BCUT2D eigenvalue weighted by Crippen LogP contribution is 2.59. The number of rotatable bonds is 8. The fourth-order valence-electron chi connectivity index (χ4n) is 4.20. The van der Waals surface area contributed by atoms with E-state index >= 15 is 0 Å². The van der Waals surface area contributed by atoms with Gasteiger partial charge in [0.15, 0.2) is 0 Å². The molecule has 1 saturated carbocycles. The highest BCUT2D eigenvalue weighted by molar-refractivity contribution is 5.87. The number of nitrogens with zero attached hydrogens (tertiary/aromatic N) is 1. The molecular formula is C26H24F2N2O. The van der Waals surface area contributed by atoms with Crippen LogP contribution >= 0.6 is 0 Å². The van der Waals surface area contributed by atoms with Crippen LogP contribution in [0.3, 0.4) is 0 Å². The molecule has 1 aliphatic rings. The molecule has 1 atom stereocenters. The summed E-state index contributed by atoms with van der Waals surface area (Å²) < 4.78 is 27.8. The summed E-state index contributed by atoms with van der Waals surface area (Å²) in [4.78, 5) is 16.2. The van der Waals surface area contributed by atoms with Crippen LogP contribution in [0.2, 0.25) is 0 Å². The number of hydrogen-bond donors (Lipinski definition) is 1. The van der Waals surface area contributed by atoms with Gasteiger partial charge in [-0.2, -0.15) is 0 Å². The second kappa shape index (κ2) is 9.21. The number of aryl methyl sites for hydroxylation is 1. The van der Waals surface area contributed by atoms with Crippen molar-refractivity contribution in [2.75, 3.05) is 6.54 Å². The van der Waals surface area contributed by atoms with Gasteiger partial charge in [0.05, 0.1) is 0 Å². The van der Waals surface area contributed by atoms with E-state index in [4.69, 9.17) is 0 Å². The lowest BCUT2D eigenvalue weighted by Gasteiger charge is -2.18. The van der Waals surface area contributed by atoms with E-state index in [0.717, 1.165) is 24.0 Å². The topological polar surface area (TPSA) is 42.0 Å². The molecule has 4 rings (SSSR count). The Bertz CT molecular complexity index is 1040. The lowest BCUT2D eigenvalue weighted by molar-refractivity contribution is -0.116. The van der Waals surface area contributed by atoms with Gasteiger partial charge in [0.1, 0.15) is 11.6 Å². The Morgan fingerprint density at radius 3 is 2.29 bits per heavy atom. The first-order valence-electron chi connectivity index (χ1n) is 10.4. The van der Waals surface area contributed by atoms with Crippen LogP contribution in [0.5, 0.6) is 0 Å². The first-order valence-corrected chi connectivity index (χ1v) is 10.4. The molecule has 3 nitrogen and oxygen atoms in total. The Labute approximate surface area is 180 Å². The molecule has 1 heterocycles. The van der Waals surface area contributed by atoms with E-state index in [0.29, 0.717) is 13.0 Å². The van der Waals surface area contributed by atoms with Crippen LogP contribution in [0, 0.1) is 17.6 Å². The Morgan fingerprint density at radius 1 is 1.03 bits per heavy atom. The van der Waals surface area contributed by atoms with Gasteiger partial charge < -0.3 is 5.32 Å². The van der Waals surface area contributed by atoms with Crippen LogP contribution in [0.25, 0.3) is 0 Å². The summed E-state index contributed by atoms with van der Waals surface area (Å²) >= 11 is 0. The predicted molar refractivity (Wildman–Crippen MR) is 116 cm³/mol. The van der Waals surface area contributed by atoms with Crippen molar-refractivity contribution in [2.45, 2.75) is 24.7 Å². The molecule has 1 aliphatic carbocycles. The summed E-state index contributed by atoms with van der Waals surface area (Å²) in [6.07, 6.45) is 9.32. The van der Waals surface area contributed by atoms with E-state index in [1.807, 2.05) is 30.3 Å². The molecular weight excluding hydrogens is 394 g/mol. The monoisotopic (exact) mass is 418 g/mol. The van der Waals surface area contributed by atoms with E-state index in [9.17, 15) is 13.6 Å². The Morgan fingerprint density at radius 2 is 1.68 bits per heavy atom. The van der Waals surface area contributed by atoms with E-state index in [-0.39, 0.29) is 23.5 Å². The van der Waals surface area contributed by atoms with E-state index < -0.39 is 5.41 Å². The zero-order valence-electron chi connectivity index (χ0n) is 17.1. The number of pyridine rings is 1. The van der Waals surface area contributed by atoms with Gasteiger partial charge in [0.25, 0.3) is 0 Å². The van der Waals surface area contributed by atoms with Gasteiger partial charge in [-0.15, -0.1) is 0 Å². The Kier molecular flexibility index (Phi) is 6.21. The fraction of sp³-hybridized carbons (Fsp3) is 0.231. The largest absolute Gasteiger partial charge is 0.353 e. The summed E-state index contributed by atoms with van der Waals surface area (Å²) in [5.41, 5.74) is 2.27. The van der Waals surface area contributed by atoms with E-state index in [1.165, 1.54) is 35.9 Å². The third-order valence-corrected chi connectivity index (χ3v) is 5.86. The van der Waals surface area contributed by atoms with Crippen molar-refractivity contribution in [1.29, 1.82) is 0 Å². The predicted octanol–water partition coefficient (Wildman–Crippen LogP) is 4.97. The molecule has 0 unspecified atom stereocenters. The summed E-state index contributed by atoms with van der Waals surface area (Å²) in [6, 6.07) is 16.8. The van der Waals surface area contributed by atoms with Crippen molar-refractivity contribution in [3.05, 3.63) is 114 Å². The molecule has 2 aromatic carbocycles. The third-order valence-electron chi connectivity index (χ3n) is 5.86. The minimum absolute atomic E-state index is 0.00123. The second-order valence-electron chi connectivity index (χ2n) is 7.91. The zero-order valence-corrected chi connectivity index (χ0v) is 17.1. The first kappa shape index (κ1) is 20.9. The quantitative estimate of drug-likeness (QED) is 0.415. The van der Waals surface area contributed by atoms with Crippen LogP contribution in [0.4, 0.5) is 8.78 Å². The van der Waals surface area contributed by atoms with Crippen LogP contribution in [0.15, 0.2) is 85.2 Å². The summed E-state index contributed by atoms with van der Waals surface area (Å²) in [5, 5.41) is 2.90. The van der Waals surface area contributed by atoms with Crippen LogP contribution in [-0.4, -0.2) is 17.4 Å². The number of aromatic nitrogens is 1. The SMILES string of the molecule is O=C(/C=C/[C@@H]1CC1(c1cccc(F)c1)c1cccc(F)c1)NCCCc1ccncc1. The van der Waals surface area contributed by atoms with Gasteiger partial charge >= 0.3 is 0 Å². The molecule has 5 heteroatoms. The lowest BCUT2D eigenvalue weighted by Crippen LogP contribution is -2.22. The molecule has 1 fully saturated rings. The summed E-state index contributed by atoms with van der Waals surface area (Å²) in [7, 11) is 0. The molecule has 31 heavy (non-hydrogen) atoms. The molecule has 0 saturated heterocycles. The highest BCUT2D eigenvalue weighted by atomic mass is 19.1. The number of amides is 1. The smallest absolute Gasteiger partial charge is 0.243 e. The molecule has 0 spiro atoms. The van der Waals surface area contributed by atoms with Gasteiger partial charge in [-0.25, -0.2) is 8.78 Å². The first-order chi connectivity index (χ1) is 15.1. The third kappa shape index (κ3) is 4.88. The molecule has 0 radical (unpaired) electrons. The van der Waals surface area contributed by atoms with Crippen molar-refractivity contribution >= 4 is 5.91 Å². The van der Waals surface area contributed by atoms with Crippen LogP contribution < -0.4 is 5.32 Å². The number of carbonyl (C=O) groups is 1. The van der Waals surface area contributed by atoms with Gasteiger partial charge in [-0.3, -0.25) is 9.78 Å². The van der Waals surface area contributed by atoms with Crippen molar-refractivity contribution in [1.82, 2.24) is 10.3 Å². The maximum Gasteiger partial charge on any atom is 0.243 e. The molecule has 1 aromatic heterocycles. The van der Waals surface area contributed by atoms with Gasteiger partial charge in [0.2, 0.25) is 5.91 Å². The molecule has 3 aromatic rings. The van der Waals surface area contributed by atoms with E-state index in [2.05, 4.69) is 10.3 Å². The normalized spacial score (nSPS) is 16.9. The average Bonchev–Trinajstić information content (AvgIpc) is 3.52. The Balaban J connectivity index is 1.40. The zero-order chi connectivity index (χ0) is 21.7. The number of hydrogen-bond acceptors (Lipinski definition) is 2. The number of carbonyl (C=O) groups excluding carboxylic acids is 1. The molecule has 158 valence electrons. The molecule has 0 aliphatic heterocycles. The minimum Gasteiger partial charge on any atom is -0.353 e. The van der Waals surface area contributed by atoms with Crippen LogP contribution in [-0.2, 0) is 16.6 Å². The van der Waals surface area contributed by atoms with Gasteiger partial charge in [-0.1, -0.05) is 30.3 Å². The van der Waals surface area contributed by atoms with E-state index in [1.54, 1.807) is 24.5 Å². The van der Waals surface area contributed by atoms with Crippen molar-refractivity contribution < 1.29 is 13.6 Å². The minimum atomic E-state index is -0.512. The second-order valence-corrected chi connectivity index (χ2v) is 7.91. The molecule has 0 bridgehead atoms. The molecule has 1 amide bonds. The number of halogens is 2. The van der Waals surface area contributed by atoms with Crippen molar-refractivity contribution in [3.63, 3.8) is 0 Å². The maximum atomic E-state index is 13.9. The number of nitrogens with one attached hydrogen (secondary N) is 1. The molecule has 1 N–H and O–H groups in total. The highest BCUT2D eigenvalue weighted by Gasteiger charge is 2.55. The summed E-state index contributed by atoms with van der Waals surface area (Å²) in [5.74, 6) is -0.808. The standard InChI is InChI=1S/C26H24F2N2O/c27-23-7-1-5-20(16-23)26(21-6-2-8-24(28)17-21)18-22(26)9-10-25(31)30-13-3-4-19-11-14-29-15-12-19/h1-2,5-12,14-17,22H,3-4,13,18H2,(H,30,31)/b10-9+/t22-/m1/s1. The average molecular weight is 418 g/mol. The fourth-order valence-corrected chi connectivity index (χ4v) is 4.20. The van der Waals surface area contributed by atoms with Gasteiger partial charge in [0, 0.05) is 24.4 Å². The van der Waals surface area contributed by atoms with Crippen molar-refractivity contribution in [2.24, 2.45) is 5.92 Å². The number of allylic oxidation sites excluding steroid dienone is 1.